The van der Waals surface area contributed by atoms with Crippen molar-refractivity contribution in [3.05, 3.63) is 22.9 Å². The van der Waals surface area contributed by atoms with Crippen LogP contribution in [0.25, 0.3) is 0 Å². The van der Waals surface area contributed by atoms with Crippen molar-refractivity contribution in [1.82, 2.24) is 4.98 Å². The number of anilines is 1. The van der Waals surface area contributed by atoms with Crippen molar-refractivity contribution in [2.75, 3.05) is 31.7 Å². The van der Waals surface area contributed by atoms with Gasteiger partial charge in [-0.1, -0.05) is 0 Å². The predicted octanol–water partition coefficient (Wildman–Crippen LogP) is 2.02. The monoisotopic (exact) mass is 263 g/mol. The molecule has 1 aromatic heterocycles. The summed E-state index contributed by atoms with van der Waals surface area (Å²) in [6.45, 7) is 7.46. The first kappa shape index (κ1) is 14.3. The van der Waals surface area contributed by atoms with Crippen molar-refractivity contribution in [2.45, 2.75) is 33.2 Å². The fourth-order valence-corrected chi connectivity index (χ4v) is 2.84. The second-order valence-corrected chi connectivity index (χ2v) is 5.55. The molecule has 0 radical (unpaired) electrons. The van der Waals surface area contributed by atoms with Gasteiger partial charge in [-0.3, -0.25) is 0 Å². The number of aromatic nitrogens is 1. The highest BCUT2D eigenvalue weighted by molar-refractivity contribution is 5.51. The van der Waals surface area contributed by atoms with Gasteiger partial charge >= 0.3 is 0 Å². The molecular formula is C15H25N3O. The molecule has 1 aliphatic rings. The van der Waals surface area contributed by atoms with E-state index in [0.717, 1.165) is 36.8 Å². The largest absolute Gasteiger partial charge is 0.381 e. The molecule has 1 unspecified atom stereocenters. The van der Waals surface area contributed by atoms with Crippen molar-refractivity contribution < 1.29 is 4.74 Å². The van der Waals surface area contributed by atoms with Gasteiger partial charge in [0.05, 0.1) is 6.61 Å². The van der Waals surface area contributed by atoms with Crippen LogP contribution < -0.4 is 10.6 Å². The van der Waals surface area contributed by atoms with Gasteiger partial charge < -0.3 is 15.4 Å². The van der Waals surface area contributed by atoms with Crippen molar-refractivity contribution in [1.29, 1.82) is 0 Å². The highest BCUT2D eigenvalue weighted by Crippen LogP contribution is 2.23. The molecule has 2 heterocycles. The minimum Gasteiger partial charge on any atom is -0.381 e. The number of ether oxygens (including phenoxy) is 1. The molecule has 0 saturated carbocycles. The third-order valence-corrected chi connectivity index (χ3v) is 3.81. The molecule has 0 aliphatic carbocycles. The van der Waals surface area contributed by atoms with E-state index in [1.54, 1.807) is 0 Å². The van der Waals surface area contributed by atoms with Gasteiger partial charge in [-0.25, -0.2) is 4.98 Å². The average Bonchev–Trinajstić information content (AvgIpc) is 2.39. The summed E-state index contributed by atoms with van der Waals surface area (Å²) in [6, 6.07) is 2.10. The van der Waals surface area contributed by atoms with Crippen molar-refractivity contribution in [2.24, 2.45) is 11.7 Å². The molecular weight excluding hydrogens is 238 g/mol. The minimum atomic E-state index is 0.542. The maximum atomic E-state index is 5.88. The number of nitrogens with two attached hydrogens (primary N) is 1. The Morgan fingerprint density at radius 1 is 1.47 bits per heavy atom. The second-order valence-electron chi connectivity index (χ2n) is 5.55. The van der Waals surface area contributed by atoms with Gasteiger partial charge in [0, 0.05) is 38.0 Å². The van der Waals surface area contributed by atoms with E-state index in [-0.39, 0.29) is 0 Å². The summed E-state index contributed by atoms with van der Waals surface area (Å²) < 4.78 is 5.55. The lowest BCUT2D eigenvalue weighted by molar-refractivity contribution is 0.0576. The lowest BCUT2D eigenvalue weighted by atomic mass is 10.0. The van der Waals surface area contributed by atoms with Gasteiger partial charge in [0.15, 0.2) is 0 Å². The Bertz CT molecular complexity index is 428. The van der Waals surface area contributed by atoms with E-state index in [9.17, 15) is 0 Å². The fourth-order valence-electron chi connectivity index (χ4n) is 2.84. The maximum Gasteiger partial charge on any atom is 0.133 e. The molecule has 2 rings (SSSR count). The molecule has 1 aromatic rings. The van der Waals surface area contributed by atoms with Crippen molar-refractivity contribution in [3.8, 4) is 0 Å². The number of pyridine rings is 1. The summed E-state index contributed by atoms with van der Waals surface area (Å²) in [5.74, 6) is 1.64. The van der Waals surface area contributed by atoms with Crippen LogP contribution in [0.1, 0.15) is 29.7 Å². The normalized spacial score (nSPS) is 19.5. The first-order valence-electron chi connectivity index (χ1n) is 7.08. The zero-order chi connectivity index (χ0) is 13.8. The highest BCUT2D eigenvalue weighted by Gasteiger charge is 2.19. The third-order valence-electron chi connectivity index (χ3n) is 3.81. The molecule has 0 spiro atoms. The van der Waals surface area contributed by atoms with Crippen molar-refractivity contribution in [3.63, 3.8) is 0 Å². The molecule has 1 aliphatic heterocycles. The molecule has 0 aromatic carbocycles. The quantitative estimate of drug-likeness (QED) is 0.903. The van der Waals surface area contributed by atoms with E-state index in [4.69, 9.17) is 10.5 Å². The van der Waals surface area contributed by atoms with Gasteiger partial charge in [0.1, 0.15) is 5.82 Å². The van der Waals surface area contributed by atoms with E-state index in [2.05, 4.69) is 29.9 Å². The zero-order valence-electron chi connectivity index (χ0n) is 12.3. The van der Waals surface area contributed by atoms with E-state index in [0.29, 0.717) is 12.5 Å². The summed E-state index contributed by atoms with van der Waals surface area (Å²) in [5, 5.41) is 0. The van der Waals surface area contributed by atoms with Crippen molar-refractivity contribution >= 4 is 5.82 Å². The molecule has 4 heteroatoms. The number of nitrogens with zero attached hydrogens (tertiary/aromatic N) is 2. The maximum absolute atomic E-state index is 5.88. The van der Waals surface area contributed by atoms with Gasteiger partial charge in [0.2, 0.25) is 0 Å². The Hall–Kier alpha value is -1.13. The molecule has 1 saturated heterocycles. The summed E-state index contributed by atoms with van der Waals surface area (Å²) >= 11 is 0. The molecule has 0 amide bonds. The number of hydrogen-bond acceptors (Lipinski definition) is 4. The molecule has 1 atom stereocenters. The Balaban J connectivity index is 2.15. The van der Waals surface area contributed by atoms with Gasteiger partial charge in [-0.2, -0.15) is 0 Å². The minimum absolute atomic E-state index is 0.542. The smallest absolute Gasteiger partial charge is 0.133 e. The Morgan fingerprint density at radius 3 is 2.89 bits per heavy atom. The van der Waals surface area contributed by atoms with Crippen LogP contribution in [0.2, 0.25) is 0 Å². The number of hydrogen-bond donors (Lipinski definition) is 1. The van der Waals surface area contributed by atoms with E-state index >= 15 is 0 Å². The van der Waals surface area contributed by atoms with Crippen LogP contribution in [-0.2, 0) is 11.3 Å². The lowest BCUT2D eigenvalue weighted by Crippen LogP contribution is -2.32. The topological polar surface area (TPSA) is 51.4 Å². The van der Waals surface area contributed by atoms with E-state index in [1.807, 2.05) is 6.92 Å². The first-order valence-corrected chi connectivity index (χ1v) is 7.08. The van der Waals surface area contributed by atoms with Crippen LogP contribution in [0.3, 0.4) is 0 Å². The Kier molecular flexibility index (Phi) is 4.77. The number of rotatable bonds is 4. The lowest BCUT2D eigenvalue weighted by Gasteiger charge is -2.29. The standard InChI is InChI=1S/C15H25N3O/c1-11-7-12(2)17-15(14(11)8-16)18(3)9-13-5-4-6-19-10-13/h7,13H,4-6,8-10,16H2,1-3H3. The van der Waals surface area contributed by atoms with Gasteiger partial charge in [0.25, 0.3) is 0 Å². The summed E-state index contributed by atoms with van der Waals surface area (Å²) in [7, 11) is 2.11. The first-order chi connectivity index (χ1) is 9.11. The predicted molar refractivity (Wildman–Crippen MR) is 78.4 cm³/mol. The fraction of sp³-hybridized carbons (Fsp3) is 0.667. The summed E-state index contributed by atoms with van der Waals surface area (Å²) in [6.07, 6.45) is 2.41. The average molecular weight is 263 g/mol. The second kappa shape index (κ2) is 6.35. The van der Waals surface area contributed by atoms with E-state index < -0.39 is 0 Å². The molecule has 0 bridgehead atoms. The number of aryl methyl sites for hydroxylation is 2. The van der Waals surface area contributed by atoms with Gasteiger partial charge in [-0.05, 0) is 44.2 Å². The Morgan fingerprint density at radius 2 is 2.26 bits per heavy atom. The molecule has 19 heavy (non-hydrogen) atoms. The van der Waals surface area contributed by atoms with Crippen LogP contribution >= 0.6 is 0 Å². The SMILES string of the molecule is Cc1cc(C)c(CN)c(N(C)CC2CCCOC2)n1. The summed E-state index contributed by atoms with van der Waals surface area (Å²) in [4.78, 5) is 6.91. The highest BCUT2D eigenvalue weighted by atomic mass is 16.5. The Labute approximate surface area is 116 Å². The van der Waals surface area contributed by atoms with E-state index in [1.165, 1.54) is 18.4 Å². The molecule has 2 N–H and O–H groups in total. The molecule has 1 fully saturated rings. The molecule has 4 nitrogen and oxygen atoms in total. The van der Waals surface area contributed by atoms with Crippen LogP contribution in [0.4, 0.5) is 5.82 Å². The van der Waals surface area contributed by atoms with Crippen LogP contribution in [0, 0.1) is 19.8 Å². The van der Waals surface area contributed by atoms with Crippen LogP contribution in [0.15, 0.2) is 6.07 Å². The molecule has 106 valence electrons. The van der Waals surface area contributed by atoms with Crippen LogP contribution in [-0.4, -0.2) is 31.8 Å². The van der Waals surface area contributed by atoms with Crippen LogP contribution in [0.5, 0.6) is 0 Å². The third kappa shape index (κ3) is 3.45. The summed E-state index contributed by atoms with van der Waals surface area (Å²) in [5.41, 5.74) is 9.32. The van der Waals surface area contributed by atoms with Gasteiger partial charge in [-0.15, -0.1) is 0 Å². The zero-order valence-corrected chi connectivity index (χ0v) is 12.3.